The molecule has 0 aliphatic carbocycles. The number of aromatic nitrogens is 1. The molecular weight excluding hydrogens is 305 g/mol. The standard InChI is InChI=1S/C17H19F3N2O/c1-10-8-16(2,3)22(9-17(18,19)20)13-6-5-12-11(15(10)13)4-7-14(23)21-12/h4-7,10H,8-9H2,1-3H3,(H,21,23). The van der Waals surface area contributed by atoms with E-state index in [1.54, 1.807) is 18.2 Å². The largest absolute Gasteiger partial charge is 0.405 e. The second kappa shape index (κ2) is 5.01. The molecule has 1 unspecified atom stereocenters. The van der Waals surface area contributed by atoms with Gasteiger partial charge in [0.2, 0.25) is 5.56 Å². The SMILES string of the molecule is CC1CC(C)(C)N(CC(F)(F)F)c2ccc3[nH]c(=O)ccc3c21. The molecule has 1 atom stereocenters. The van der Waals surface area contributed by atoms with E-state index in [0.29, 0.717) is 17.6 Å². The molecule has 0 fully saturated rings. The van der Waals surface area contributed by atoms with Crippen LogP contribution in [-0.4, -0.2) is 23.2 Å². The molecule has 1 aliphatic rings. The maximum absolute atomic E-state index is 13.1. The third kappa shape index (κ3) is 2.82. The van der Waals surface area contributed by atoms with E-state index in [-0.39, 0.29) is 11.5 Å². The molecule has 124 valence electrons. The Morgan fingerprint density at radius 1 is 1.26 bits per heavy atom. The second-order valence-electron chi connectivity index (χ2n) is 6.90. The van der Waals surface area contributed by atoms with Crippen molar-refractivity contribution in [1.82, 2.24) is 4.98 Å². The summed E-state index contributed by atoms with van der Waals surface area (Å²) in [4.78, 5) is 15.7. The number of nitrogens with one attached hydrogen (secondary N) is 1. The molecule has 6 heteroatoms. The summed E-state index contributed by atoms with van der Waals surface area (Å²) in [5, 5.41) is 0.817. The molecule has 0 spiro atoms. The summed E-state index contributed by atoms with van der Waals surface area (Å²) < 4.78 is 39.2. The van der Waals surface area contributed by atoms with Crippen LogP contribution in [0.2, 0.25) is 0 Å². The van der Waals surface area contributed by atoms with Crippen LogP contribution in [0.4, 0.5) is 18.9 Å². The van der Waals surface area contributed by atoms with Crippen LogP contribution >= 0.6 is 0 Å². The van der Waals surface area contributed by atoms with E-state index in [1.165, 1.54) is 11.0 Å². The van der Waals surface area contributed by atoms with E-state index in [9.17, 15) is 18.0 Å². The second-order valence-corrected chi connectivity index (χ2v) is 6.90. The van der Waals surface area contributed by atoms with Gasteiger partial charge in [0.25, 0.3) is 0 Å². The topological polar surface area (TPSA) is 36.1 Å². The Bertz CT molecular complexity index is 808. The molecule has 3 rings (SSSR count). The lowest BCUT2D eigenvalue weighted by Gasteiger charge is -2.48. The lowest BCUT2D eigenvalue weighted by Crippen LogP contribution is -2.52. The summed E-state index contributed by atoms with van der Waals surface area (Å²) in [6.45, 7) is 4.73. The van der Waals surface area contributed by atoms with E-state index >= 15 is 0 Å². The van der Waals surface area contributed by atoms with Gasteiger partial charge in [-0.05, 0) is 49.9 Å². The van der Waals surface area contributed by atoms with E-state index in [2.05, 4.69) is 4.98 Å². The fraction of sp³-hybridized carbons (Fsp3) is 0.471. The fourth-order valence-electron chi connectivity index (χ4n) is 3.77. The Hall–Kier alpha value is -1.98. The van der Waals surface area contributed by atoms with Crippen LogP contribution in [-0.2, 0) is 0 Å². The van der Waals surface area contributed by atoms with Crippen molar-refractivity contribution in [1.29, 1.82) is 0 Å². The van der Waals surface area contributed by atoms with Gasteiger partial charge in [0.05, 0.1) is 0 Å². The number of benzene rings is 1. The molecule has 0 bridgehead atoms. The zero-order valence-electron chi connectivity index (χ0n) is 13.3. The summed E-state index contributed by atoms with van der Waals surface area (Å²) in [6, 6.07) is 6.50. The zero-order chi connectivity index (χ0) is 17.0. The van der Waals surface area contributed by atoms with Gasteiger partial charge in [-0.2, -0.15) is 13.2 Å². The van der Waals surface area contributed by atoms with E-state index in [4.69, 9.17) is 0 Å². The minimum absolute atomic E-state index is 0.110. The number of halogens is 3. The highest BCUT2D eigenvalue weighted by Crippen LogP contribution is 2.46. The summed E-state index contributed by atoms with van der Waals surface area (Å²) in [6.07, 6.45) is -3.65. The number of H-pyrrole nitrogens is 1. The first-order chi connectivity index (χ1) is 10.6. The zero-order valence-corrected chi connectivity index (χ0v) is 13.3. The molecular formula is C17H19F3N2O. The third-order valence-electron chi connectivity index (χ3n) is 4.58. The molecule has 3 nitrogen and oxygen atoms in total. The van der Waals surface area contributed by atoms with Crippen LogP contribution in [0.1, 0.15) is 38.7 Å². The van der Waals surface area contributed by atoms with Crippen molar-refractivity contribution in [2.24, 2.45) is 0 Å². The monoisotopic (exact) mass is 324 g/mol. The maximum Gasteiger partial charge on any atom is 0.405 e. The van der Waals surface area contributed by atoms with Crippen molar-refractivity contribution in [3.05, 3.63) is 40.2 Å². The average molecular weight is 324 g/mol. The summed E-state index contributed by atoms with van der Waals surface area (Å²) in [5.41, 5.74) is 1.34. The minimum Gasteiger partial charge on any atom is -0.357 e. The van der Waals surface area contributed by atoms with Gasteiger partial charge in [-0.15, -0.1) is 0 Å². The molecule has 1 aromatic heterocycles. The molecule has 2 heterocycles. The Balaban J connectivity index is 2.24. The van der Waals surface area contributed by atoms with E-state index in [1.807, 2.05) is 20.8 Å². The van der Waals surface area contributed by atoms with Gasteiger partial charge in [0.1, 0.15) is 6.54 Å². The molecule has 2 aromatic rings. The summed E-state index contributed by atoms with van der Waals surface area (Å²) in [5.74, 6) is 0.110. The Morgan fingerprint density at radius 3 is 2.61 bits per heavy atom. The first-order valence-electron chi connectivity index (χ1n) is 7.59. The van der Waals surface area contributed by atoms with E-state index < -0.39 is 18.3 Å². The van der Waals surface area contributed by atoms with Crippen LogP contribution < -0.4 is 10.5 Å². The molecule has 0 saturated carbocycles. The number of aromatic amines is 1. The molecule has 0 amide bonds. The molecule has 1 N–H and O–H groups in total. The van der Waals surface area contributed by atoms with Gasteiger partial charge < -0.3 is 9.88 Å². The predicted octanol–water partition coefficient (Wildman–Crippen LogP) is 4.18. The van der Waals surface area contributed by atoms with Crippen molar-refractivity contribution in [3.8, 4) is 0 Å². The van der Waals surface area contributed by atoms with Crippen molar-refractivity contribution < 1.29 is 13.2 Å². The lowest BCUT2D eigenvalue weighted by atomic mass is 9.78. The van der Waals surface area contributed by atoms with Crippen LogP contribution in [0, 0.1) is 0 Å². The first kappa shape index (κ1) is 15.9. The number of anilines is 1. The number of alkyl halides is 3. The van der Waals surface area contributed by atoms with Gasteiger partial charge >= 0.3 is 6.18 Å². The summed E-state index contributed by atoms with van der Waals surface area (Å²) in [7, 11) is 0. The summed E-state index contributed by atoms with van der Waals surface area (Å²) >= 11 is 0. The van der Waals surface area contributed by atoms with Gasteiger partial charge in [0.15, 0.2) is 0 Å². The van der Waals surface area contributed by atoms with Gasteiger partial charge in [-0.1, -0.05) is 6.92 Å². The van der Waals surface area contributed by atoms with Crippen molar-refractivity contribution in [2.45, 2.75) is 44.8 Å². The van der Waals surface area contributed by atoms with Crippen LogP contribution in [0.25, 0.3) is 10.9 Å². The predicted molar refractivity (Wildman–Crippen MR) is 85.1 cm³/mol. The minimum atomic E-state index is -4.27. The Morgan fingerprint density at radius 2 is 1.96 bits per heavy atom. The third-order valence-corrected chi connectivity index (χ3v) is 4.58. The quantitative estimate of drug-likeness (QED) is 0.854. The number of rotatable bonds is 1. The first-order valence-corrected chi connectivity index (χ1v) is 7.59. The van der Waals surface area contributed by atoms with Crippen molar-refractivity contribution in [3.63, 3.8) is 0 Å². The molecule has 1 aromatic carbocycles. The van der Waals surface area contributed by atoms with Gasteiger partial charge in [-0.3, -0.25) is 4.79 Å². The molecule has 1 aliphatic heterocycles. The fourth-order valence-corrected chi connectivity index (χ4v) is 3.77. The van der Waals surface area contributed by atoms with Gasteiger partial charge in [-0.25, -0.2) is 0 Å². The maximum atomic E-state index is 13.1. The Labute approximate surface area is 132 Å². The van der Waals surface area contributed by atoms with Crippen molar-refractivity contribution in [2.75, 3.05) is 11.4 Å². The van der Waals surface area contributed by atoms with Gasteiger partial charge in [0, 0.05) is 28.2 Å². The highest BCUT2D eigenvalue weighted by atomic mass is 19.4. The van der Waals surface area contributed by atoms with Crippen LogP contribution in [0.3, 0.4) is 0 Å². The highest BCUT2D eigenvalue weighted by molar-refractivity contribution is 5.89. The van der Waals surface area contributed by atoms with E-state index in [0.717, 1.165) is 10.9 Å². The number of hydrogen-bond donors (Lipinski definition) is 1. The van der Waals surface area contributed by atoms with Crippen LogP contribution in [0.5, 0.6) is 0 Å². The number of pyridine rings is 1. The molecule has 0 radical (unpaired) electrons. The van der Waals surface area contributed by atoms with Crippen LogP contribution in [0.15, 0.2) is 29.1 Å². The molecule has 0 saturated heterocycles. The number of nitrogens with zero attached hydrogens (tertiary/aromatic N) is 1. The normalized spacial score (nSPS) is 20.6. The smallest absolute Gasteiger partial charge is 0.357 e. The Kier molecular flexibility index (Phi) is 3.46. The average Bonchev–Trinajstić information content (AvgIpc) is 2.40. The number of hydrogen-bond acceptors (Lipinski definition) is 2. The number of fused-ring (bicyclic) bond motifs is 3. The molecule has 23 heavy (non-hydrogen) atoms. The lowest BCUT2D eigenvalue weighted by molar-refractivity contribution is -0.122. The highest BCUT2D eigenvalue weighted by Gasteiger charge is 2.42. The van der Waals surface area contributed by atoms with Crippen molar-refractivity contribution >= 4 is 16.6 Å².